The molecule has 0 saturated carbocycles. The third-order valence-electron chi connectivity index (χ3n) is 7.22. The number of likely N-dealkylation sites (tertiary alicyclic amines) is 1. The Morgan fingerprint density at radius 3 is 2.49 bits per heavy atom. The molecular weight excluding hydrogens is 452 g/mol. The Bertz CT molecular complexity index is 1200. The molecular formula is C29H32N4OS. The fourth-order valence-corrected chi connectivity index (χ4v) is 5.87. The Morgan fingerprint density at radius 1 is 1.09 bits per heavy atom. The van der Waals surface area contributed by atoms with Crippen molar-refractivity contribution in [3.8, 4) is 11.3 Å². The minimum Gasteiger partial charge on any atom is -0.338 e. The molecule has 1 atom stereocenters. The Kier molecular flexibility index (Phi) is 7.40. The monoisotopic (exact) mass is 484 g/mol. The summed E-state index contributed by atoms with van der Waals surface area (Å²) in [5.41, 5.74) is 5.60. The van der Waals surface area contributed by atoms with Crippen LogP contribution in [0.4, 0.5) is 0 Å². The fraction of sp³-hybridized carbons (Fsp3) is 0.310. The number of nitrogens with zero attached hydrogens (tertiary/aromatic N) is 3. The van der Waals surface area contributed by atoms with Crippen molar-refractivity contribution in [3.63, 3.8) is 0 Å². The van der Waals surface area contributed by atoms with E-state index in [-0.39, 0.29) is 11.9 Å². The van der Waals surface area contributed by atoms with E-state index in [1.54, 1.807) is 11.3 Å². The van der Waals surface area contributed by atoms with Gasteiger partial charge in [0.25, 0.3) is 5.91 Å². The van der Waals surface area contributed by atoms with Gasteiger partial charge in [-0.05, 0) is 60.8 Å². The van der Waals surface area contributed by atoms with Crippen LogP contribution in [-0.4, -0.2) is 52.1 Å². The van der Waals surface area contributed by atoms with Gasteiger partial charge in [0.1, 0.15) is 0 Å². The minimum absolute atomic E-state index is 0.125. The van der Waals surface area contributed by atoms with Crippen LogP contribution in [0, 0.1) is 5.92 Å². The van der Waals surface area contributed by atoms with E-state index in [0.717, 1.165) is 50.2 Å². The van der Waals surface area contributed by atoms with Gasteiger partial charge in [-0.15, -0.1) is 0 Å². The topological polar surface area (TPSA) is 52.2 Å². The molecule has 1 amide bonds. The van der Waals surface area contributed by atoms with E-state index >= 15 is 0 Å². The van der Waals surface area contributed by atoms with Gasteiger partial charge in [-0.25, -0.2) is 0 Å². The SMILES string of the molecule is CN(C(=O)c1ccsc1)[C@H](Cc1ccccc1)C1CCN(Cc2cn[nH]c2-c2ccccc2)CC1. The number of piperidine rings is 1. The summed E-state index contributed by atoms with van der Waals surface area (Å²) in [5, 5.41) is 11.4. The van der Waals surface area contributed by atoms with E-state index in [2.05, 4.69) is 69.7 Å². The van der Waals surface area contributed by atoms with Crippen molar-refractivity contribution in [3.05, 3.63) is 100 Å². The van der Waals surface area contributed by atoms with Crippen LogP contribution in [0.3, 0.4) is 0 Å². The lowest BCUT2D eigenvalue weighted by molar-refractivity contribution is 0.0585. The van der Waals surface area contributed by atoms with Crippen LogP contribution in [0.25, 0.3) is 11.3 Å². The molecule has 2 aromatic heterocycles. The molecule has 0 bridgehead atoms. The van der Waals surface area contributed by atoms with Gasteiger partial charge < -0.3 is 4.90 Å². The maximum absolute atomic E-state index is 13.2. The number of rotatable bonds is 8. The molecule has 5 nitrogen and oxygen atoms in total. The highest BCUT2D eigenvalue weighted by Crippen LogP contribution is 2.29. The number of aromatic amines is 1. The quantitative estimate of drug-likeness (QED) is 0.347. The largest absolute Gasteiger partial charge is 0.338 e. The van der Waals surface area contributed by atoms with Crippen molar-refractivity contribution in [2.24, 2.45) is 5.92 Å². The number of H-pyrrole nitrogens is 1. The van der Waals surface area contributed by atoms with Crippen LogP contribution in [0.2, 0.25) is 0 Å². The first-order chi connectivity index (χ1) is 17.2. The van der Waals surface area contributed by atoms with Crippen molar-refractivity contribution in [2.45, 2.75) is 31.8 Å². The smallest absolute Gasteiger partial charge is 0.254 e. The summed E-state index contributed by atoms with van der Waals surface area (Å²) in [6.07, 6.45) is 5.01. The number of amides is 1. The van der Waals surface area contributed by atoms with E-state index in [0.29, 0.717) is 5.92 Å². The summed E-state index contributed by atoms with van der Waals surface area (Å²) in [4.78, 5) is 17.8. The number of aromatic nitrogens is 2. The highest BCUT2D eigenvalue weighted by molar-refractivity contribution is 7.08. The number of likely N-dealkylation sites (N-methyl/N-ethyl adjacent to an activating group) is 1. The van der Waals surface area contributed by atoms with Crippen molar-refractivity contribution in [1.82, 2.24) is 20.0 Å². The highest BCUT2D eigenvalue weighted by atomic mass is 32.1. The van der Waals surface area contributed by atoms with Gasteiger partial charge in [-0.3, -0.25) is 14.8 Å². The van der Waals surface area contributed by atoms with Crippen molar-refractivity contribution >= 4 is 17.2 Å². The molecule has 0 radical (unpaired) electrons. The number of thiophene rings is 1. The Hall–Kier alpha value is -3.22. The number of hydrogen-bond donors (Lipinski definition) is 1. The number of carbonyl (C=O) groups is 1. The van der Waals surface area contributed by atoms with Crippen molar-refractivity contribution in [2.75, 3.05) is 20.1 Å². The molecule has 0 aliphatic carbocycles. The predicted octanol–water partition coefficient (Wildman–Crippen LogP) is 5.73. The lowest BCUT2D eigenvalue weighted by Crippen LogP contribution is -2.47. The average molecular weight is 485 g/mol. The molecule has 4 aromatic rings. The number of hydrogen-bond acceptors (Lipinski definition) is 4. The second kappa shape index (κ2) is 11.0. The molecule has 3 heterocycles. The lowest BCUT2D eigenvalue weighted by Gasteiger charge is -2.40. The number of nitrogens with one attached hydrogen (secondary N) is 1. The van der Waals surface area contributed by atoms with Crippen LogP contribution in [0.1, 0.15) is 34.3 Å². The Morgan fingerprint density at radius 2 is 1.80 bits per heavy atom. The molecule has 1 N–H and O–H groups in total. The Balaban J connectivity index is 1.27. The maximum Gasteiger partial charge on any atom is 0.254 e. The molecule has 1 aliphatic rings. The first-order valence-corrected chi connectivity index (χ1v) is 13.3. The third kappa shape index (κ3) is 5.55. The van der Waals surface area contributed by atoms with E-state index < -0.39 is 0 Å². The summed E-state index contributed by atoms with van der Waals surface area (Å²) in [5.74, 6) is 0.595. The summed E-state index contributed by atoms with van der Waals surface area (Å²) >= 11 is 1.58. The third-order valence-corrected chi connectivity index (χ3v) is 7.91. The molecule has 5 rings (SSSR count). The second-order valence-corrected chi connectivity index (χ2v) is 10.2. The number of carbonyl (C=O) groups excluding carboxylic acids is 1. The molecule has 35 heavy (non-hydrogen) atoms. The first kappa shape index (κ1) is 23.5. The van der Waals surface area contributed by atoms with Gasteiger partial charge in [-0.1, -0.05) is 60.7 Å². The molecule has 6 heteroatoms. The number of benzene rings is 2. The van der Waals surface area contributed by atoms with Gasteiger partial charge in [-0.2, -0.15) is 16.4 Å². The van der Waals surface area contributed by atoms with Crippen molar-refractivity contribution in [1.29, 1.82) is 0 Å². The molecule has 1 aliphatic heterocycles. The summed E-state index contributed by atoms with van der Waals surface area (Å²) in [6, 6.07) is 23.1. The first-order valence-electron chi connectivity index (χ1n) is 12.3. The molecule has 2 aromatic carbocycles. The van der Waals surface area contributed by atoms with Crippen LogP contribution in [-0.2, 0) is 13.0 Å². The normalized spacial score (nSPS) is 15.7. The van der Waals surface area contributed by atoms with Crippen LogP contribution in [0.5, 0.6) is 0 Å². The van der Waals surface area contributed by atoms with Crippen LogP contribution in [0.15, 0.2) is 83.7 Å². The molecule has 1 saturated heterocycles. The van der Waals surface area contributed by atoms with E-state index in [1.165, 1.54) is 16.7 Å². The standard InChI is InChI=1S/C29H32N4OS/c1-32(29(34)25-14-17-35-21-25)27(18-22-8-4-2-5-9-22)23-12-15-33(16-13-23)20-26-19-30-31-28(26)24-10-6-3-7-11-24/h2-11,14,17,19,21,23,27H,12-13,15-16,18,20H2,1H3,(H,30,31)/t27-/m1/s1. The summed E-state index contributed by atoms with van der Waals surface area (Å²) in [7, 11) is 1.98. The lowest BCUT2D eigenvalue weighted by atomic mass is 9.84. The van der Waals surface area contributed by atoms with E-state index in [4.69, 9.17) is 0 Å². The van der Waals surface area contributed by atoms with Gasteiger partial charge >= 0.3 is 0 Å². The molecule has 0 unspecified atom stereocenters. The zero-order valence-electron chi connectivity index (χ0n) is 20.1. The van der Waals surface area contributed by atoms with Crippen LogP contribution < -0.4 is 0 Å². The predicted molar refractivity (Wildman–Crippen MR) is 142 cm³/mol. The average Bonchev–Trinajstić information content (AvgIpc) is 3.61. The van der Waals surface area contributed by atoms with Gasteiger partial charge in [0.2, 0.25) is 0 Å². The Labute approximate surface area is 211 Å². The van der Waals surface area contributed by atoms with Crippen molar-refractivity contribution < 1.29 is 4.79 Å². The summed E-state index contributed by atoms with van der Waals surface area (Å²) < 4.78 is 0. The zero-order chi connectivity index (χ0) is 24.0. The van der Waals surface area contributed by atoms with Gasteiger partial charge in [0.15, 0.2) is 0 Å². The van der Waals surface area contributed by atoms with Gasteiger partial charge in [0.05, 0.1) is 17.5 Å². The molecule has 180 valence electrons. The summed E-state index contributed by atoms with van der Waals surface area (Å²) in [6.45, 7) is 2.94. The highest BCUT2D eigenvalue weighted by Gasteiger charge is 2.32. The minimum atomic E-state index is 0.125. The van der Waals surface area contributed by atoms with Crippen LogP contribution >= 0.6 is 11.3 Å². The zero-order valence-corrected chi connectivity index (χ0v) is 21.0. The fourth-order valence-electron chi connectivity index (χ4n) is 5.24. The second-order valence-electron chi connectivity index (χ2n) is 9.43. The molecule has 1 fully saturated rings. The van der Waals surface area contributed by atoms with Gasteiger partial charge in [0, 0.05) is 30.6 Å². The van der Waals surface area contributed by atoms with E-state index in [9.17, 15) is 4.79 Å². The maximum atomic E-state index is 13.2. The molecule has 0 spiro atoms. The van der Waals surface area contributed by atoms with E-state index in [1.807, 2.05) is 41.0 Å².